The molecule has 0 bridgehead atoms. The number of rotatable bonds is 7. The van der Waals surface area contributed by atoms with Gasteiger partial charge in [0.1, 0.15) is 18.2 Å². The van der Waals surface area contributed by atoms with Crippen LogP contribution in [0.4, 0.5) is 10.1 Å². The highest BCUT2D eigenvalue weighted by atomic mass is 32.2. The average Bonchev–Trinajstić information content (AvgIpc) is 3.12. The summed E-state index contributed by atoms with van der Waals surface area (Å²) in [6, 6.07) is 19.9. The minimum atomic E-state index is -3.33. The first-order valence-electron chi connectivity index (χ1n) is 10.9. The zero-order valence-corrected chi connectivity index (χ0v) is 20.4. The van der Waals surface area contributed by atoms with E-state index in [9.17, 15) is 17.6 Å². The van der Waals surface area contributed by atoms with Crippen molar-refractivity contribution in [2.45, 2.75) is 18.4 Å². The number of aromatic nitrogens is 1. The van der Waals surface area contributed by atoms with Crippen molar-refractivity contribution in [2.75, 3.05) is 11.6 Å². The molecule has 1 aromatic heterocycles. The van der Waals surface area contributed by atoms with Gasteiger partial charge in [-0.15, -0.1) is 0 Å². The first-order valence-corrected chi connectivity index (χ1v) is 12.8. The number of nitrogens with one attached hydrogen (secondary N) is 1. The molecule has 35 heavy (non-hydrogen) atoms. The van der Waals surface area contributed by atoms with Gasteiger partial charge in [0.15, 0.2) is 9.84 Å². The van der Waals surface area contributed by atoms with Gasteiger partial charge in [0.2, 0.25) is 0 Å². The van der Waals surface area contributed by atoms with E-state index in [1.165, 1.54) is 36.4 Å². The zero-order chi connectivity index (χ0) is 25.2. The van der Waals surface area contributed by atoms with Gasteiger partial charge >= 0.3 is 0 Å². The number of hydrogen-bond acceptors (Lipinski definition) is 4. The average molecular weight is 493 g/mol. The molecule has 180 valence electrons. The molecule has 0 aliphatic carbocycles. The molecule has 0 fully saturated rings. The third-order valence-electron chi connectivity index (χ3n) is 5.65. The molecule has 0 saturated heterocycles. The number of anilines is 1. The molecule has 1 amide bonds. The summed E-state index contributed by atoms with van der Waals surface area (Å²) in [5.41, 5.74) is 3.71. The third-order valence-corrected chi connectivity index (χ3v) is 6.78. The predicted octanol–water partition coefficient (Wildman–Crippen LogP) is 5.37. The van der Waals surface area contributed by atoms with Crippen LogP contribution in [-0.2, 0) is 23.5 Å². The minimum absolute atomic E-state index is 0.169. The van der Waals surface area contributed by atoms with Crippen molar-refractivity contribution in [2.24, 2.45) is 7.05 Å². The SMILES string of the molecule is Cc1c(C(=O)Nc2ccc(S(C)(=O)=O)cc2)cn(C)c1-c1cc(F)ccc1OCc1ccccc1. The fraction of sp³-hybridized carbons (Fsp3) is 0.148. The summed E-state index contributed by atoms with van der Waals surface area (Å²) in [6.07, 6.45) is 2.80. The smallest absolute Gasteiger partial charge is 0.257 e. The van der Waals surface area contributed by atoms with Crippen molar-refractivity contribution >= 4 is 21.4 Å². The molecule has 8 heteroatoms. The maximum atomic E-state index is 14.2. The van der Waals surface area contributed by atoms with E-state index >= 15 is 0 Å². The van der Waals surface area contributed by atoms with Crippen molar-refractivity contribution in [3.63, 3.8) is 0 Å². The first-order chi connectivity index (χ1) is 16.6. The number of nitrogens with zero attached hydrogens (tertiary/aromatic N) is 1. The van der Waals surface area contributed by atoms with E-state index in [4.69, 9.17) is 4.74 Å². The number of carbonyl (C=O) groups is 1. The Bertz CT molecular complexity index is 1480. The maximum Gasteiger partial charge on any atom is 0.257 e. The van der Waals surface area contributed by atoms with Crippen LogP contribution in [0.25, 0.3) is 11.3 Å². The van der Waals surface area contributed by atoms with Gasteiger partial charge in [-0.25, -0.2) is 12.8 Å². The van der Waals surface area contributed by atoms with Gasteiger partial charge in [0.05, 0.1) is 16.2 Å². The molecule has 0 atom stereocenters. The highest BCUT2D eigenvalue weighted by Gasteiger charge is 2.21. The summed E-state index contributed by atoms with van der Waals surface area (Å²) in [7, 11) is -1.55. The fourth-order valence-electron chi connectivity index (χ4n) is 3.90. The lowest BCUT2D eigenvalue weighted by atomic mass is 10.0. The van der Waals surface area contributed by atoms with E-state index in [1.54, 1.807) is 30.8 Å². The van der Waals surface area contributed by atoms with Crippen molar-refractivity contribution in [3.05, 3.63) is 102 Å². The van der Waals surface area contributed by atoms with Gasteiger partial charge in [-0.05, 0) is 60.5 Å². The van der Waals surface area contributed by atoms with Crippen LogP contribution >= 0.6 is 0 Å². The summed E-state index contributed by atoms with van der Waals surface area (Å²) in [5, 5.41) is 2.79. The van der Waals surface area contributed by atoms with Crippen LogP contribution in [0.5, 0.6) is 5.75 Å². The van der Waals surface area contributed by atoms with Gasteiger partial charge in [-0.2, -0.15) is 0 Å². The molecule has 0 aliphatic rings. The van der Waals surface area contributed by atoms with Crippen LogP contribution in [0.1, 0.15) is 21.5 Å². The Kier molecular flexibility index (Phi) is 6.75. The highest BCUT2D eigenvalue weighted by molar-refractivity contribution is 7.90. The number of halogens is 1. The van der Waals surface area contributed by atoms with E-state index in [0.717, 1.165) is 11.8 Å². The lowest BCUT2D eigenvalue weighted by molar-refractivity contribution is 0.102. The Hall–Kier alpha value is -3.91. The van der Waals surface area contributed by atoms with Gasteiger partial charge in [-0.3, -0.25) is 4.79 Å². The summed E-state index contributed by atoms with van der Waals surface area (Å²) in [4.78, 5) is 13.2. The Morgan fingerprint density at radius 2 is 1.71 bits per heavy atom. The Balaban J connectivity index is 1.62. The molecule has 6 nitrogen and oxygen atoms in total. The number of ether oxygens (including phenoxy) is 1. The topological polar surface area (TPSA) is 77.4 Å². The molecule has 1 heterocycles. The first kappa shape index (κ1) is 24.2. The van der Waals surface area contributed by atoms with E-state index in [0.29, 0.717) is 40.4 Å². The van der Waals surface area contributed by atoms with Crippen LogP contribution in [0.15, 0.2) is 83.9 Å². The lowest BCUT2D eigenvalue weighted by Gasteiger charge is -2.14. The fourth-order valence-corrected chi connectivity index (χ4v) is 4.53. The molecule has 0 radical (unpaired) electrons. The molecule has 4 rings (SSSR count). The zero-order valence-electron chi connectivity index (χ0n) is 19.6. The molecule has 1 N–H and O–H groups in total. The van der Waals surface area contributed by atoms with Gasteiger partial charge < -0.3 is 14.6 Å². The number of benzene rings is 3. The summed E-state index contributed by atoms with van der Waals surface area (Å²) in [5.74, 6) is -0.271. The molecule has 0 spiro atoms. The molecule has 0 aliphatic heterocycles. The van der Waals surface area contributed by atoms with Crippen molar-refractivity contribution in [1.82, 2.24) is 4.57 Å². The Morgan fingerprint density at radius 3 is 2.37 bits per heavy atom. The second-order valence-electron chi connectivity index (χ2n) is 8.29. The third kappa shape index (κ3) is 5.44. The van der Waals surface area contributed by atoms with Crippen molar-refractivity contribution < 1.29 is 22.3 Å². The van der Waals surface area contributed by atoms with Crippen molar-refractivity contribution in [3.8, 4) is 17.0 Å². The van der Waals surface area contributed by atoms with E-state index in [-0.39, 0.29) is 10.8 Å². The molecule has 4 aromatic rings. The second kappa shape index (κ2) is 9.76. The van der Waals surface area contributed by atoms with Crippen LogP contribution in [-0.4, -0.2) is 25.1 Å². The van der Waals surface area contributed by atoms with E-state index < -0.39 is 15.7 Å². The molecule has 0 unspecified atom stereocenters. The Morgan fingerprint density at radius 1 is 1.03 bits per heavy atom. The molecular formula is C27H25FN2O4S. The van der Waals surface area contributed by atoms with Crippen LogP contribution < -0.4 is 10.1 Å². The highest BCUT2D eigenvalue weighted by Crippen LogP contribution is 2.35. The minimum Gasteiger partial charge on any atom is -0.488 e. The number of hydrogen-bond donors (Lipinski definition) is 1. The summed E-state index contributed by atoms with van der Waals surface area (Å²) >= 11 is 0. The Labute approximate surface area is 203 Å². The predicted molar refractivity (Wildman–Crippen MR) is 134 cm³/mol. The monoisotopic (exact) mass is 492 g/mol. The molecule has 0 saturated carbocycles. The van der Waals surface area contributed by atoms with E-state index in [2.05, 4.69) is 5.32 Å². The largest absolute Gasteiger partial charge is 0.488 e. The van der Waals surface area contributed by atoms with Crippen LogP contribution in [0, 0.1) is 12.7 Å². The summed E-state index contributed by atoms with van der Waals surface area (Å²) in [6.45, 7) is 2.11. The second-order valence-corrected chi connectivity index (χ2v) is 10.3. The maximum absolute atomic E-state index is 14.2. The van der Waals surface area contributed by atoms with Gasteiger partial charge in [-0.1, -0.05) is 30.3 Å². The lowest BCUT2D eigenvalue weighted by Crippen LogP contribution is -2.12. The number of carbonyl (C=O) groups excluding carboxylic acids is 1. The molecule has 3 aromatic carbocycles. The van der Waals surface area contributed by atoms with Gasteiger partial charge in [0.25, 0.3) is 5.91 Å². The van der Waals surface area contributed by atoms with Crippen LogP contribution in [0.3, 0.4) is 0 Å². The number of sulfone groups is 1. The quantitative estimate of drug-likeness (QED) is 0.376. The molecular weight excluding hydrogens is 467 g/mol. The van der Waals surface area contributed by atoms with Gasteiger partial charge in [0, 0.05) is 30.8 Å². The number of amides is 1. The van der Waals surface area contributed by atoms with E-state index in [1.807, 2.05) is 30.3 Å². The number of aryl methyl sites for hydroxylation is 1. The summed E-state index contributed by atoms with van der Waals surface area (Å²) < 4.78 is 45.3. The van der Waals surface area contributed by atoms with Crippen LogP contribution in [0.2, 0.25) is 0 Å². The standard InChI is InChI=1S/C27H25FN2O4S/c1-18-24(27(31)29-21-10-12-22(13-11-21)35(3,32)33)16-30(2)26(18)23-15-20(28)9-14-25(23)34-17-19-7-5-4-6-8-19/h4-16H,17H2,1-3H3,(H,29,31). The van der Waals surface area contributed by atoms with Crippen molar-refractivity contribution in [1.29, 1.82) is 0 Å². The normalized spacial score (nSPS) is 11.3.